The van der Waals surface area contributed by atoms with Gasteiger partial charge < -0.3 is 19.8 Å². The van der Waals surface area contributed by atoms with Gasteiger partial charge in [-0.3, -0.25) is 4.79 Å². The molecule has 2 spiro atoms. The zero-order chi connectivity index (χ0) is 20.5. The third-order valence-electron chi connectivity index (χ3n) is 9.03. The number of carbonyl (C=O) groups excluding carboxylic acids is 1. The maximum Gasteiger partial charge on any atom is 0.181 e. The summed E-state index contributed by atoms with van der Waals surface area (Å²) in [5.41, 5.74) is 1.95. The number of likely N-dealkylation sites (tertiary alicyclic amines) is 1. The summed E-state index contributed by atoms with van der Waals surface area (Å²) in [5.74, 6) is 0.615. The van der Waals surface area contributed by atoms with Crippen LogP contribution in [0.1, 0.15) is 35.1 Å². The summed E-state index contributed by atoms with van der Waals surface area (Å²) in [7, 11) is 2.08. The fraction of sp³-hybridized carbons (Fsp3) is 0.480. The van der Waals surface area contributed by atoms with Gasteiger partial charge in [0.1, 0.15) is 0 Å². The lowest BCUT2D eigenvalue weighted by molar-refractivity contribution is -0.206. The molecule has 154 valence electrons. The molecule has 2 bridgehead atoms. The summed E-state index contributed by atoms with van der Waals surface area (Å²) in [4.78, 5) is 16.4. The number of aromatic hydroxyl groups is 1. The first-order valence-electron chi connectivity index (χ1n) is 11.0. The summed E-state index contributed by atoms with van der Waals surface area (Å²) in [6.07, 6.45) is 2.42. The van der Waals surface area contributed by atoms with Crippen LogP contribution in [-0.4, -0.2) is 52.2 Å². The van der Waals surface area contributed by atoms with E-state index in [-0.39, 0.29) is 17.6 Å². The number of phenols is 1. The van der Waals surface area contributed by atoms with E-state index >= 15 is 0 Å². The summed E-state index contributed by atoms with van der Waals surface area (Å²) in [5, 5.41) is 23.1. The van der Waals surface area contributed by atoms with E-state index in [1.54, 1.807) is 6.07 Å². The standard InChI is InChI=1S/C25H25NO4/c1-26-9-8-24-19-14-6-7-17(27)20(19)30-22(24)21(28)23(13-25(24,29)18(26)10-14)11-15-4-2-3-5-16(15)12-23/h2-7,18,22,27,29H,8-13H2,1H3. The molecule has 2 fully saturated rings. The van der Waals surface area contributed by atoms with Gasteiger partial charge in [0.2, 0.25) is 0 Å². The van der Waals surface area contributed by atoms with Gasteiger partial charge in [-0.15, -0.1) is 0 Å². The highest BCUT2D eigenvalue weighted by atomic mass is 16.5. The van der Waals surface area contributed by atoms with Crippen molar-refractivity contribution in [3.63, 3.8) is 0 Å². The topological polar surface area (TPSA) is 70.0 Å². The number of aliphatic hydroxyl groups is 1. The van der Waals surface area contributed by atoms with Crippen LogP contribution >= 0.6 is 0 Å². The van der Waals surface area contributed by atoms with E-state index in [0.717, 1.165) is 17.7 Å². The van der Waals surface area contributed by atoms with Crippen molar-refractivity contribution < 1.29 is 19.7 Å². The second-order valence-electron chi connectivity index (χ2n) is 10.2. The van der Waals surface area contributed by atoms with Gasteiger partial charge in [0, 0.05) is 17.0 Å². The number of piperidine rings is 1. The second-order valence-corrected chi connectivity index (χ2v) is 10.2. The molecule has 5 heteroatoms. The molecular formula is C25H25NO4. The molecule has 1 saturated heterocycles. The van der Waals surface area contributed by atoms with E-state index < -0.39 is 22.5 Å². The number of rotatable bonds is 0. The minimum absolute atomic E-state index is 0.0611. The molecule has 5 aliphatic rings. The van der Waals surface area contributed by atoms with Crippen LogP contribution in [0.4, 0.5) is 0 Å². The van der Waals surface area contributed by atoms with Gasteiger partial charge in [-0.1, -0.05) is 30.3 Å². The summed E-state index contributed by atoms with van der Waals surface area (Å²) >= 11 is 0. The van der Waals surface area contributed by atoms with Crippen molar-refractivity contribution in [2.45, 2.75) is 55.3 Å². The van der Waals surface area contributed by atoms with Crippen molar-refractivity contribution in [1.82, 2.24) is 4.90 Å². The van der Waals surface area contributed by atoms with Crippen LogP contribution in [0.2, 0.25) is 0 Å². The SMILES string of the molecule is CN1CCC23c4c5ccc(O)c4OC2C(=O)C2(Cc4ccccc4C2)CC3(O)C1C5. The quantitative estimate of drug-likeness (QED) is 0.705. The normalized spacial score (nSPS) is 37.1. The fourth-order valence-electron chi connectivity index (χ4n) is 7.79. The number of nitrogens with zero attached hydrogens (tertiary/aromatic N) is 1. The number of ether oxygens (including phenoxy) is 1. The fourth-order valence-corrected chi connectivity index (χ4v) is 7.79. The van der Waals surface area contributed by atoms with E-state index in [0.29, 0.717) is 37.9 Å². The van der Waals surface area contributed by atoms with Crippen LogP contribution in [0.15, 0.2) is 36.4 Å². The van der Waals surface area contributed by atoms with Crippen molar-refractivity contribution in [3.8, 4) is 11.5 Å². The Kier molecular flexibility index (Phi) is 2.94. The molecule has 0 aromatic heterocycles. The Balaban J connectivity index is 1.48. The highest BCUT2D eigenvalue weighted by Gasteiger charge is 2.77. The van der Waals surface area contributed by atoms with Crippen LogP contribution in [0.5, 0.6) is 11.5 Å². The maximum absolute atomic E-state index is 14.1. The van der Waals surface area contributed by atoms with Crippen molar-refractivity contribution in [3.05, 3.63) is 58.7 Å². The lowest BCUT2D eigenvalue weighted by atomic mass is 9.44. The zero-order valence-corrected chi connectivity index (χ0v) is 17.0. The predicted octanol–water partition coefficient (Wildman–Crippen LogP) is 2.14. The molecule has 2 aliphatic heterocycles. The van der Waals surface area contributed by atoms with Crippen molar-refractivity contribution in [1.29, 1.82) is 0 Å². The van der Waals surface area contributed by atoms with Gasteiger partial charge in [0.25, 0.3) is 0 Å². The molecule has 3 aliphatic carbocycles. The number of fused-ring (bicyclic) bond motifs is 1. The lowest BCUT2D eigenvalue weighted by Gasteiger charge is -2.64. The van der Waals surface area contributed by atoms with Gasteiger partial charge in [0.05, 0.1) is 11.0 Å². The molecular weight excluding hydrogens is 378 g/mol. The third-order valence-corrected chi connectivity index (χ3v) is 9.03. The first kappa shape index (κ1) is 17.3. The summed E-state index contributed by atoms with van der Waals surface area (Å²) < 4.78 is 6.33. The molecule has 0 radical (unpaired) electrons. The molecule has 7 rings (SSSR count). The van der Waals surface area contributed by atoms with Crippen LogP contribution in [0.25, 0.3) is 0 Å². The van der Waals surface area contributed by atoms with Gasteiger partial charge in [-0.05, 0) is 68.5 Å². The first-order valence-corrected chi connectivity index (χ1v) is 11.0. The average molecular weight is 403 g/mol. The number of phenolic OH excluding ortho intramolecular Hbond substituents is 1. The molecule has 2 aromatic rings. The highest BCUT2D eigenvalue weighted by molar-refractivity contribution is 5.96. The number of Topliss-reactive ketones (excluding diaryl/α,β-unsaturated/α-hetero) is 1. The van der Waals surface area contributed by atoms with Crippen molar-refractivity contribution in [2.75, 3.05) is 13.6 Å². The molecule has 1 saturated carbocycles. The zero-order valence-electron chi connectivity index (χ0n) is 17.0. The number of ketones is 1. The minimum Gasteiger partial charge on any atom is -0.504 e. The Morgan fingerprint density at radius 3 is 2.57 bits per heavy atom. The second kappa shape index (κ2) is 5.09. The van der Waals surface area contributed by atoms with Crippen molar-refractivity contribution >= 4 is 5.78 Å². The third kappa shape index (κ3) is 1.67. The number of likely N-dealkylation sites (N-methyl/N-ethyl adjacent to an activating group) is 1. The number of hydrogen-bond donors (Lipinski definition) is 2. The smallest absolute Gasteiger partial charge is 0.181 e. The van der Waals surface area contributed by atoms with Gasteiger partial charge in [-0.25, -0.2) is 0 Å². The van der Waals surface area contributed by atoms with Crippen LogP contribution in [0, 0.1) is 5.41 Å². The summed E-state index contributed by atoms with van der Waals surface area (Å²) in [6, 6.07) is 11.8. The maximum atomic E-state index is 14.1. The Bertz CT molecular complexity index is 1120. The predicted molar refractivity (Wildman–Crippen MR) is 110 cm³/mol. The molecule has 5 nitrogen and oxygen atoms in total. The molecule has 4 atom stereocenters. The van der Waals surface area contributed by atoms with Crippen LogP contribution in [-0.2, 0) is 29.5 Å². The van der Waals surface area contributed by atoms with E-state index in [2.05, 4.69) is 24.1 Å². The Morgan fingerprint density at radius 1 is 1.10 bits per heavy atom. The van der Waals surface area contributed by atoms with Gasteiger partial charge in [0.15, 0.2) is 23.4 Å². The largest absolute Gasteiger partial charge is 0.504 e. The molecule has 2 aromatic carbocycles. The molecule has 2 heterocycles. The van der Waals surface area contributed by atoms with Gasteiger partial charge in [-0.2, -0.15) is 0 Å². The highest BCUT2D eigenvalue weighted by Crippen LogP contribution is 2.68. The van der Waals surface area contributed by atoms with E-state index in [1.165, 1.54) is 11.1 Å². The average Bonchev–Trinajstić information content (AvgIpc) is 3.26. The number of carbonyl (C=O) groups is 1. The molecule has 0 amide bonds. The first-order chi connectivity index (χ1) is 14.4. The van der Waals surface area contributed by atoms with E-state index in [9.17, 15) is 15.0 Å². The van der Waals surface area contributed by atoms with E-state index in [4.69, 9.17) is 4.74 Å². The molecule has 4 unspecified atom stereocenters. The number of hydrogen-bond acceptors (Lipinski definition) is 5. The van der Waals surface area contributed by atoms with Gasteiger partial charge >= 0.3 is 0 Å². The molecule has 30 heavy (non-hydrogen) atoms. The Hall–Kier alpha value is -2.37. The van der Waals surface area contributed by atoms with E-state index in [1.807, 2.05) is 18.2 Å². The van der Waals surface area contributed by atoms with Crippen molar-refractivity contribution in [2.24, 2.45) is 5.41 Å². The Labute approximate surface area is 175 Å². The van der Waals surface area contributed by atoms with Crippen LogP contribution < -0.4 is 4.74 Å². The lowest BCUT2D eigenvalue weighted by Crippen LogP contribution is -2.79. The monoisotopic (exact) mass is 403 g/mol. The Morgan fingerprint density at radius 2 is 1.83 bits per heavy atom. The minimum atomic E-state index is -1.06. The van der Waals surface area contributed by atoms with Crippen LogP contribution in [0.3, 0.4) is 0 Å². The molecule has 2 N–H and O–H groups in total. The summed E-state index contributed by atoms with van der Waals surface area (Å²) in [6.45, 7) is 0.807. The number of benzene rings is 2.